The summed E-state index contributed by atoms with van der Waals surface area (Å²) in [6.45, 7) is 4.53. The zero-order valence-electron chi connectivity index (χ0n) is 37.0. The maximum absolute atomic E-state index is 5.31. The second-order valence-electron chi connectivity index (χ2n) is 17.3. The van der Waals surface area contributed by atoms with Gasteiger partial charge in [0.15, 0.2) is 17.5 Å². The lowest BCUT2D eigenvalue weighted by atomic mass is 9.86. The molecule has 0 N–H and O–H groups in total. The number of aromatic nitrogens is 4. The summed E-state index contributed by atoms with van der Waals surface area (Å²) in [5.41, 5.74) is 9.93. The Labute approximate surface area is 377 Å². The van der Waals surface area contributed by atoms with Gasteiger partial charge in [0.25, 0.3) is 0 Å². The van der Waals surface area contributed by atoms with E-state index in [-0.39, 0.29) is 0 Å². The molecule has 10 aromatic rings. The van der Waals surface area contributed by atoms with E-state index in [0.29, 0.717) is 17.5 Å². The Morgan fingerprint density at radius 3 is 1.36 bits per heavy atom. The Morgan fingerprint density at radius 2 is 0.812 bits per heavy atom. The Morgan fingerprint density at radius 1 is 0.344 bits per heavy atom. The Bertz CT molecular complexity index is 3150. The number of fused-ring (bicyclic) bond motifs is 8. The topological polar surface area (TPSA) is 51.6 Å². The summed E-state index contributed by atoms with van der Waals surface area (Å²) in [5, 5.41) is 10.0. The minimum Gasteiger partial charge on any atom is -0.264 e. The second kappa shape index (κ2) is 18.7. The number of hydrogen-bond donors (Lipinski definition) is 0. The molecule has 64 heavy (non-hydrogen) atoms. The molecule has 0 spiro atoms. The third-order valence-corrected chi connectivity index (χ3v) is 12.9. The molecule has 314 valence electrons. The number of nitrogens with zero attached hydrogens (tertiary/aromatic N) is 4. The van der Waals surface area contributed by atoms with Crippen LogP contribution in [0.15, 0.2) is 170 Å². The molecule has 8 aromatic carbocycles. The first-order chi connectivity index (χ1) is 31.6. The van der Waals surface area contributed by atoms with Gasteiger partial charge in [-0.25, -0.2) is 15.0 Å². The highest BCUT2D eigenvalue weighted by Crippen LogP contribution is 2.44. The predicted molar refractivity (Wildman–Crippen MR) is 271 cm³/mol. The normalized spacial score (nSPS) is 11.6. The maximum Gasteiger partial charge on any atom is 0.164 e. The third-order valence-electron chi connectivity index (χ3n) is 12.9. The van der Waals surface area contributed by atoms with E-state index < -0.39 is 0 Å². The first kappa shape index (κ1) is 41.0. The highest BCUT2D eigenvalue weighted by atomic mass is 15.0. The van der Waals surface area contributed by atoms with Crippen LogP contribution in [0.1, 0.15) is 76.3 Å². The van der Waals surface area contributed by atoms with Gasteiger partial charge in [-0.1, -0.05) is 180 Å². The van der Waals surface area contributed by atoms with Gasteiger partial charge in [-0.3, -0.25) is 4.98 Å². The summed E-state index contributed by atoms with van der Waals surface area (Å²) in [4.78, 5) is 20.4. The fourth-order valence-electron chi connectivity index (χ4n) is 9.53. The van der Waals surface area contributed by atoms with Crippen molar-refractivity contribution >= 4 is 43.1 Å². The molecule has 0 atom stereocenters. The Hall–Kier alpha value is -7.04. The molecular weight excluding hydrogens is 777 g/mol. The van der Waals surface area contributed by atoms with E-state index in [9.17, 15) is 0 Å². The molecule has 0 saturated carbocycles. The van der Waals surface area contributed by atoms with Gasteiger partial charge in [0.1, 0.15) is 0 Å². The summed E-state index contributed by atoms with van der Waals surface area (Å²) in [5.74, 6) is 1.98. The zero-order chi connectivity index (χ0) is 43.2. The molecule has 10 rings (SSSR count). The van der Waals surface area contributed by atoms with E-state index in [1.54, 1.807) is 0 Å². The van der Waals surface area contributed by atoms with Gasteiger partial charge in [-0.15, -0.1) is 0 Å². The lowest BCUT2D eigenvalue weighted by molar-refractivity contribution is 0.667. The smallest absolute Gasteiger partial charge is 0.164 e. The van der Waals surface area contributed by atoms with Crippen molar-refractivity contribution in [2.24, 2.45) is 0 Å². The number of rotatable bonds is 15. The monoisotopic (exact) mass is 830 g/mol. The molecule has 0 aliphatic heterocycles. The standard InChI is InChI=1S/C60H54N4/c1-3-5-7-9-18-41-27-31-43(32-28-41)58-62-59(44-33-29-42(30-34-44)19-10-8-6-4-2)64-60(63-58)48-37-46(45-20-17-35-61-40-45)36-47(38-48)55-39-56-51-23-12-11-21-49(51)50-22-13-15-25-53(50)57(56)54-26-16-14-24-52(54)55/h11-17,20-40H,3-10,18-19H2,1-2H3. The number of pyridine rings is 1. The van der Waals surface area contributed by atoms with Crippen LogP contribution in [0.5, 0.6) is 0 Å². The SMILES string of the molecule is CCCCCCc1ccc(-c2nc(-c3ccc(CCCCCC)cc3)nc(-c3cc(-c4cccnc4)cc(-c4cc5c6ccccc6c6ccccc6c5c5ccccc45)c3)n2)cc1. The third kappa shape index (κ3) is 8.41. The molecule has 2 heterocycles. The molecule has 0 unspecified atom stereocenters. The summed E-state index contributed by atoms with van der Waals surface area (Å²) in [7, 11) is 0. The van der Waals surface area contributed by atoms with E-state index in [2.05, 4.69) is 170 Å². The minimum absolute atomic E-state index is 0.640. The summed E-state index contributed by atoms with van der Waals surface area (Å²) < 4.78 is 0. The number of hydrogen-bond acceptors (Lipinski definition) is 4. The molecular formula is C60H54N4. The average molecular weight is 831 g/mol. The van der Waals surface area contributed by atoms with Crippen molar-refractivity contribution in [2.45, 2.75) is 78.1 Å². The fourth-order valence-corrected chi connectivity index (χ4v) is 9.53. The largest absolute Gasteiger partial charge is 0.264 e. The van der Waals surface area contributed by atoms with Gasteiger partial charge < -0.3 is 0 Å². The highest BCUT2D eigenvalue weighted by Gasteiger charge is 2.19. The molecule has 0 fully saturated rings. The van der Waals surface area contributed by atoms with E-state index >= 15 is 0 Å². The van der Waals surface area contributed by atoms with Crippen molar-refractivity contribution in [3.63, 3.8) is 0 Å². The summed E-state index contributed by atoms with van der Waals surface area (Å²) in [6, 6.07) is 57.6. The molecule has 0 saturated heterocycles. The van der Waals surface area contributed by atoms with Crippen molar-refractivity contribution in [3.8, 4) is 56.4 Å². The molecule has 2 aromatic heterocycles. The molecule has 0 aliphatic carbocycles. The van der Waals surface area contributed by atoms with Crippen molar-refractivity contribution in [1.82, 2.24) is 19.9 Å². The predicted octanol–water partition coefficient (Wildman–Crippen LogP) is 16.5. The van der Waals surface area contributed by atoms with Crippen LogP contribution in [0, 0.1) is 0 Å². The first-order valence-electron chi connectivity index (χ1n) is 23.4. The fraction of sp³-hybridized carbons (Fsp3) is 0.200. The molecule has 0 aliphatic rings. The average Bonchev–Trinajstić information content (AvgIpc) is 3.36. The minimum atomic E-state index is 0.640. The summed E-state index contributed by atoms with van der Waals surface area (Å²) >= 11 is 0. The van der Waals surface area contributed by atoms with Crippen LogP contribution < -0.4 is 0 Å². The molecule has 4 nitrogen and oxygen atoms in total. The molecule has 0 radical (unpaired) electrons. The van der Waals surface area contributed by atoms with Crippen LogP contribution in [0.3, 0.4) is 0 Å². The lowest BCUT2D eigenvalue weighted by Gasteiger charge is -2.17. The molecule has 4 heteroatoms. The van der Waals surface area contributed by atoms with E-state index in [1.807, 2.05) is 18.5 Å². The number of unbranched alkanes of at least 4 members (excludes halogenated alkanes) is 6. The maximum atomic E-state index is 5.31. The van der Waals surface area contributed by atoms with Gasteiger partial charge in [0, 0.05) is 34.6 Å². The quantitative estimate of drug-likeness (QED) is 0.0763. The first-order valence-corrected chi connectivity index (χ1v) is 23.4. The molecule has 0 bridgehead atoms. The van der Waals surface area contributed by atoms with E-state index in [4.69, 9.17) is 15.0 Å². The van der Waals surface area contributed by atoms with Crippen molar-refractivity contribution in [3.05, 3.63) is 181 Å². The number of benzene rings is 8. The van der Waals surface area contributed by atoms with Crippen LogP contribution in [0.2, 0.25) is 0 Å². The van der Waals surface area contributed by atoms with Crippen LogP contribution in [0.25, 0.3) is 99.5 Å². The van der Waals surface area contributed by atoms with Crippen molar-refractivity contribution < 1.29 is 0 Å². The van der Waals surface area contributed by atoms with E-state index in [0.717, 1.165) is 51.8 Å². The number of aryl methyl sites for hydroxylation is 2. The van der Waals surface area contributed by atoms with E-state index in [1.165, 1.54) is 106 Å². The van der Waals surface area contributed by atoms with Crippen LogP contribution in [0.4, 0.5) is 0 Å². The van der Waals surface area contributed by atoms with Crippen LogP contribution >= 0.6 is 0 Å². The Balaban J connectivity index is 1.16. The van der Waals surface area contributed by atoms with Gasteiger partial charge in [0.2, 0.25) is 0 Å². The van der Waals surface area contributed by atoms with Crippen LogP contribution in [-0.2, 0) is 12.8 Å². The zero-order valence-corrected chi connectivity index (χ0v) is 37.0. The van der Waals surface area contributed by atoms with Crippen molar-refractivity contribution in [2.75, 3.05) is 0 Å². The van der Waals surface area contributed by atoms with Gasteiger partial charge in [-0.2, -0.15) is 0 Å². The van der Waals surface area contributed by atoms with Gasteiger partial charge in [0.05, 0.1) is 0 Å². The van der Waals surface area contributed by atoms with Gasteiger partial charge in [-0.05, 0) is 127 Å². The van der Waals surface area contributed by atoms with Crippen molar-refractivity contribution in [1.29, 1.82) is 0 Å². The molecule has 0 amide bonds. The van der Waals surface area contributed by atoms with Gasteiger partial charge >= 0.3 is 0 Å². The Kier molecular flexibility index (Phi) is 12.0. The van der Waals surface area contributed by atoms with Crippen LogP contribution in [-0.4, -0.2) is 19.9 Å². The second-order valence-corrected chi connectivity index (χ2v) is 17.3. The lowest BCUT2D eigenvalue weighted by Crippen LogP contribution is -2.01. The summed E-state index contributed by atoms with van der Waals surface area (Å²) in [6.07, 6.45) is 15.9. The highest BCUT2D eigenvalue weighted by molar-refractivity contribution is 6.33.